The van der Waals surface area contributed by atoms with Crippen molar-refractivity contribution in [3.63, 3.8) is 0 Å². The van der Waals surface area contributed by atoms with E-state index in [4.69, 9.17) is 0 Å². The Morgan fingerprint density at radius 3 is 2.58 bits per heavy atom. The first-order valence-corrected chi connectivity index (χ1v) is 8.36. The molecule has 0 heterocycles. The van der Waals surface area contributed by atoms with Gasteiger partial charge in [-0.3, -0.25) is 10.1 Å². The fraction of sp³-hybridized carbons (Fsp3) is 0.316. The Balaban J connectivity index is 1.78. The zero-order valence-electron chi connectivity index (χ0n) is 14.6. The van der Waals surface area contributed by atoms with Gasteiger partial charge in [0.05, 0.1) is 17.1 Å². The third-order valence-corrected chi connectivity index (χ3v) is 4.91. The van der Waals surface area contributed by atoms with Gasteiger partial charge in [0.15, 0.2) is 0 Å². The van der Waals surface area contributed by atoms with Gasteiger partial charge in [-0.2, -0.15) is 0 Å². The maximum Gasteiger partial charge on any atom is 0.315 e. The van der Waals surface area contributed by atoms with E-state index in [0.29, 0.717) is 12.1 Å². The summed E-state index contributed by atoms with van der Waals surface area (Å²) in [6.07, 6.45) is -0.887. The SMILES string of the molecule is CC1(C)c2ccc([N+](=O)[O-])cc2C(NC(=O)NCc2ccccc2)C1O. The highest BCUT2D eigenvalue weighted by Gasteiger charge is 2.46. The van der Waals surface area contributed by atoms with Gasteiger partial charge in [0.1, 0.15) is 0 Å². The van der Waals surface area contributed by atoms with E-state index in [-0.39, 0.29) is 5.69 Å². The number of rotatable bonds is 4. The Kier molecular flexibility index (Phi) is 4.65. The Labute approximate surface area is 151 Å². The summed E-state index contributed by atoms with van der Waals surface area (Å²) in [5.74, 6) is 0. The standard InChI is InChI=1S/C19H21N3O4/c1-19(2)15-9-8-13(22(25)26)10-14(15)16(17(19)23)21-18(24)20-11-12-6-4-3-5-7-12/h3-10,16-17,23H,11H2,1-2H3,(H2,20,21,24). The molecule has 0 spiro atoms. The van der Waals surface area contributed by atoms with E-state index in [1.165, 1.54) is 12.1 Å². The fourth-order valence-corrected chi connectivity index (χ4v) is 3.38. The number of aliphatic hydroxyl groups excluding tert-OH is 1. The molecule has 0 saturated heterocycles. The number of nitrogens with one attached hydrogen (secondary N) is 2. The quantitative estimate of drug-likeness (QED) is 0.579. The van der Waals surface area contributed by atoms with Crippen LogP contribution >= 0.6 is 0 Å². The molecule has 2 amide bonds. The molecule has 7 heteroatoms. The molecule has 26 heavy (non-hydrogen) atoms. The minimum Gasteiger partial charge on any atom is -0.390 e. The van der Waals surface area contributed by atoms with Gasteiger partial charge in [0, 0.05) is 24.1 Å². The van der Waals surface area contributed by atoms with Gasteiger partial charge >= 0.3 is 6.03 Å². The van der Waals surface area contributed by atoms with Crippen LogP contribution in [0.1, 0.15) is 36.6 Å². The molecule has 136 valence electrons. The molecular weight excluding hydrogens is 334 g/mol. The number of non-ortho nitro benzene ring substituents is 1. The summed E-state index contributed by atoms with van der Waals surface area (Å²) < 4.78 is 0. The van der Waals surface area contributed by atoms with Crippen molar-refractivity contribution in [3.8, 4) is 0 Å². The number of urea groups is 1. The first kappa shape index (κ1) is 17.9. The first-order chi connectivity index (χ1) is 12.3. The zero-order chi connectivity index (χ0) is 18.9. The second-order valence-electron chi connectivity index (χ2n) is 6.99. The summed E-state index contributed by atoms with van der Waals surface area (Å²) in [5.41, 5.74) is 1.63. The number of carbonyl (C=O) groups is 1. The number of benzene rings is 2. The summed E-state index contributed by atoms with van der Waals surface area (Å²) in [5, 5.41) is 27.3. The molecule has 7 nitrogen and oxygen atoms in total. The summed E-state index contributed by atoms with van der Waals surface area (Å²) >= 11 is 0. The maximum absolute atomic E-state index is 12.3. The Bertz CT molecular complexity index is 836. The molecule has 3 N–H and O–H groups in total. The number of aliphatic hydroxyl groups is 1. The number of nitrogens with zero attached hydrogens (tertiary/aromatic N) is 1. The molecule has 1 aliphatic rings. The van der Waals surface area contributed by atoms with Crippen molar-refractivity contribution in [2.45, 2.75) is 38.0 Å². The van der Waals surface area contributed by atoms with Gasteiger partial charge in [-0.1, -0.05) is 50.2 Å². The average molecular weight is 355 g/mol. The predicted octanol–water partition coefficient (Wildman–Crippen LogP) is 2.79. The van der Waals surface area contributed by atoms with Crippen molar-refractivity contribution in [1.82, 2.24) is 10.6 Å². The minimum atomic E-state index is -0.887. The minimum absolute atomic E-state index is 0.0647. The number of fused-ring (bicyclic) bond motifs is 1. The number of hydrogen-bond donors (Lipinski definition) is 3. The molecule has 0 radical (unpaired) electrons. The maximum atomic E-state index is 12.3. The first-order valence-electron chi connectivity index (χ1n) is 8.36. The average Bonchev–Trinajstić information content (AvgIpc) is 2.81. The smallest absolute Gasteiger partial charge is 0.315 e. The normalized spacial score (nSPS) is 20.3. The number of nitro groups is 1. The van der Waals surface area contributed by atoms with Crippen LogP contribution in [0.15, 0.2) is 48.5 Å². The Morgan fingerprint density at radius 1 is 1.23 bits per heavy atom. The van der Waals surface area contributed by atoms with Crippen molar-refractivity contribution in [1.29, 1.82) is 0 Å². The molecule has 2 aromatic carbocycles. The molecule has 2 atom stereocenters. The highest BCUT2D eigenvalue weighted by molar-refractivity contribution is 5.75. The Morgan fingerprint density at radius 2 is 1.92 bits per heavy atom. The van der Waals surface area contributed by atoms with Gasteiger partial charge < -0.3 is 15.7 Å². The van der Waals surface area contributed by atoms with E-state index in [1.54, 1.807) is 6.07 Å². The summed E-state index contributed by atoms with van der Waals surface area (Å²) in [4.78, 5) is 22.9. The van der Waals surface area contributed by atoms with E-state index in [1.807, 2.05) is 44.2 Å². The lowest BCUT2D eigenvalue weighted by Gasteiger charge is -2.27. The Hall–Kier alpha value is -2.93. The van der Waals surface area contributed by atoms with Gasteiger partial charge in [0.25, 0.3) is 5.69 Å². The van der Waals surface area contributed by atoms with E-state index in [0.717, 1.165) is 11.1 Å². The summed E-state index contributed by atoms with van der Waals surface area (Å²) in [6, 6.07) is 12.8. The highest BCUT2D eigenvalue weighted by atomic mass is 16.6. The van der Waals surface area contributed by atoms with E-state index in [9.17, 15) is 20.0 Å². The third kappa shape index (κ3) is 3.25. The van der Waals surface area contributed by atoms with Gasteiger partial charge in [-0.05, 0) is 16.7 Å². The molecule has 0 aromatic heterocycles. The van der Waals surface area contributed by atoms with Crippen molar-refractivity contribution >= 4 is 11.7 Å². The lowest BCUT2D eigenvalue weighted by molar-refractivity contribution is -0.384. The molecule has 0 saturated carbocycles. The number of amides is 2. The van der Waals surface area contributed by atoms with Gasteiger partial charge in [-0.25, -0.2) is 4.79 Å². The monoisotopic (exact) mass is 355 g/mol. The van der Waals surface area contributed by atoms with Crippen molar-refractivity contribution in [3.05, 3.63) is 75.3 Å². The molecule has 2 aromatic rings. The van der Waals surface area contributed by atoms with E-state index >= 15 is 0 Å². The molecule has 0 aliphatic heterocycles. The van der Waals surface area contributed by atoms with Crippen LogP contribution in [0, 0.1) is 10.1 Å². The van der Waals surface area contributed by atoms with Crippen LogP contribution in [-0.2, 0) is 12.0 Å². The van der Waals surface area contributed by atoms with Gasteiger partial charge in [0.2, 0.25) is 0 Å². The van der Waals surface area contributed by atoms with Crippen LogP contribution in [0.25, 0.3) is 0 Å². The molecule has 2 unspecified atom stereocenters. The molecular formula is C19H21N3O4. The molecule has 0 fully saturated rings. The molecule has 3 rings (SSSR count). The van der Waals surface area contributed by atoms with Crippen LogP contribution in [0.3, 0.4) is 0 Å². The van der Waals surface area contributed by atoms with Gasteiger partial charge in [-0.15, -0.1) is 0 Å². The highest BCUT2D eigenvalue weighted by Crippen LogP contribution is 2.45. The van der Waals surface area contributed by atoms with Crippen molar-refractivity contribution in [2.24, 2.45) is 0 Å². The number of nitro benzene ring substituents is 1. The topological polar surface area (TPSA) is 105 Å². The second-order valence-corrected chi connectivity index (χ2v) is 6.99. The lowest BCUT2D eigenvalue weighted by Crippen LogP contribution is -2.43. The fourth-order valence-electron chi connectivity index (χ4n) is 3.38. The van der Waals surface area contributed by atoms with Crippen LogP contribution in [-0.4, -0.2) is 22.2 Å². The van der Waals surface area contributed by atoms with Crippen LogP contribution in [0.4, 0.5) is 10.5 Å². The number of hydrogen-bond acceptors (Lipinski definition) is 4. The van der Waals surface area contributed by atoms with Crippen molar-refractivity contribution < 1.29 is 14.8 Å². The summed E-state index contributed by atoms with van der Waals surface area (Å²) in [6.45, 7) is 4.05. The summed E-state index contributed by atoms with van der Waals surface area (Å²) in [7, 11) is 0. The van der Waals surface area contributed by atoms with Crippen molar-refractivity contribution in [2.75, 3.05) is 0 Å². The third-order valence-electron chi connectivity index (χ3n) is 4.91. The largest absolute Gasteiger partial charge is 0.390 e. The lowest BCUT2D eigenvalue weighted by atomic mass is 9.84. The van der Waals surface area contributed by atoms with Crippen LogP contribution in [0.2, 0.25) is 0 Å². The molecule has 0 bridgehead atoms. The van der Waals surface area contributed by atoms with Crippen LogP contribution in [0.5, 0.6) is 0 Å². The van der Waals surface area contributed by atoms with Crippen LogP contribution < -0.4 is 10.6 Å². The van der Waals surface area contributed by atoms with E-state index in [2.05, 4.69) is 10.6 Å². The predicted molar refractivity (Wildman–Crippen MR) is 96.7 cm³/mol. The number of carbonyl (C=O) groups excluding carboxylic acids is 1. The second kappa shape index (κ2) is 6.76. The zero-order valence-corrected chi connectivity index (χ0v) is 14.6. The molecule has 1 aliphatic carbocycles. The van der Waals surface area contributed by atoms with E-state index < -0.39 is 28.5 Å².